The fourth-order valence-electron chi connectivity index (χ4n) is 2.86. The molecule has 0 amide bonds. The van der Waals surface area contributed by atoms with Crippen LogP contribution in [-0.4, -0.2) is 45.8 Å². The second-order valence-corrected chi connectivity index (χ2v) is 7.46. The zero-order valence-corrected chi connectivity index (χ0v) is 14.2. The predicted octanol–water partition coefficient (Wildman–Crippen LogP) is 1.09. The van der Waals surface area contributed by atoms with Crippen LogP contribution < -0.4 is 5.32 Å². The molecule has 1 saturated heterocycles. The average Bonchev–Trinajstić information content (AvgIpc) is 3.15. The van der Waals surface area contributed by atoms with Crippen LogP contribution in [-0.2, 0) is 17.1 Å². The molecule has 3 heterocycles. The van der Waals surface area contributed by atoms with Gasteiger partial charge in [0.25, 0.3) is 10.0 Å². The Labute approximate surface area is 135 Å². The normalized spacial score (nSPS) is 19.2. The lowest BCUT2D eigenvalue weighted by molar-refractivity contribution is 0.388. The summed E-state index contributed by atoms with van der Waals surface area (Å²) < 4.78 is 28.9. The fraction of sp³-hybridized carbons (Fsp3) is 0.500. The van der Waals surface area contributed by atoms with Gasteiger partial charge in [-0.1, -0.05) is 0 Å². The summed E-state index contributed by atoms with van der Waals surface area (Å²) in [6.45, 7) is 2.28. The Hall–Kier alpha value is -2.00. The van der Waals surface area contributed by atoms with Gasteiger partial charge in [-0.25, -0.2) is 23.4 Å². The molecule has 0 bridgehead atoms. The lowest BCUT2D eigenvalue weighted by atomic mass is 10.1. The van der Waals surface area contributed by atoms with Crippen molar-refractivity contribution in [3.05, 3.63) is 30.1 Å². The van der Waals surface area contributed by atoms with Crippen molar-refractivity contribution in [2.24, 2.45) is 7.05 Å². The van der Waals surface area contributed by atoms with E-state index in [0.29, 0.717) is 18.2 Å². The lowest BCUT2D eigenvalue weighted by Crippen LogP contribution is -2.31. The topological polar surface area (TPSA) is 93.0 Å². The third kappa shape index (κ3) is 2.93. The van der Waals surface area contributed by atoms with Crippen LogP contribution in [0.1, 0.15) is 30.4 Å². The van der Waals surface area contributed by atoms with Gasteiger partial charge in [-0.05, 0) is 19.8 Å². The van der Waals surface area contributed by atoms with E-state index in [1.165, 1.54) is 16.8 Å². The largest absolute Gasteiger partial charge is 0.373 e. The van der Waals surface area contributed by atoms with Crippen LogP contribution in [0, 0.1) is 6.92 Å². The molecule has 0 radical (unpaired) electrons. The summed E-state index contributed by atoms with van der Waals surface area (Å²) >= 11 is 0. The van der Waals surface area contributed by atoms with E-state index in [4.69, 9.17) is 0 Å². The summed E-state index contributed by atoms with van der Waals surface area (Å²) in [7, 11) is -0.0962. The minimum absolute atomic E-state index is 0.0755. The predicted molar refractivity (Wildman–Crippen MR) is 85.4 cm³/mol. The molecule has 0 spiro atoms. The van der Waals surface area contributed by atoms with E-state index in [1.54, 1.807) is 25.6 Å². The van der Waals surface area contributed by atoms with Gasteiger partial charge in [0.05, 0.1) is 18.1 Å². The Morgan fingerprint density at radius 2 is 2.13 bits per heavy atom. The maximum Gasteiger partial charge on any atom is 0.262 e. The molecule has 1 fully saturated rings. The monoisotopic (exact) mass is 336 g/mol. The number of aromatic nitrogens is 4. The molecule has 0 aliphatic carbocycles. The second kappa shape index (κ2) is 5.89. The molecular formula is C14H20N6O2S. The molecule has 23 heavy (non-hydrogen) atoms. The molecular weight excluding hydrogens is 316 g/mol. The Morgan fingerprint density at radius 3 is 2.78 bits per heavy atom. The van der Waals surface area contributed by atoms with Gasteiger partial charge in [0.2, 0.25) is 0 Å². The fourth-order valence-corrected chi connectivity index (χ4v) is 4.49. The Balaban J connectivity index is 1.99. The van der Waals surface area contributed by atoms with Gasteiger partial charge in [-0.3, -0.25) is 0 Å². The van der Waals surface area contributed by atoms with Crippen LogP contribution in [0.5, 0.6) is 0 Å². The zero-order valence-electron chi connectivity index (χ0n) is 13.4. The molecule has 1 N–H and O–H groups in total. The number of imidazole rings is 1. The number of anilines is 1. The standard InChI is InChI=1S/C14H20N6O2S/c1-10-17-11(7-13(15-2)18-10)12-5-4-6-20(12)23(21,22)14-8-19(3)9-16-14/h7-9,12H,4-6H2,1-3H3,(H,15,17,18). The van der Waals surface area contributed by atoms with Crippen LogP contribution in [0.4, 0.5) is 5.82 Å². The summed E-state index contributed by atoms with van der Waals surface area (Å²) in [4.78, 5) is 12.7. The molecule has 0 aromatic carbocycles. The van der Waals surface area contributed by atoms with Crippen LogP contribution in [0.15, 0.2) is 23.6 Å². The van der Waals surface area contributed by atoms with E-state index in [-0.39, 0.29) is 11.1 Å². The molecule has 8 nitrogen and oxygen atoms in total. The van der Waals surface area contributed by atoms with Crippen molar-refractivity contribution in [3.63, 3.8) is 0 Å². The maximum absolute atomic E-state index is 12.9. The molecule has 1 aliphatic heterocycles. The summed E-state index contributed by atoms with van der Waals surface area (Å²) in [6, 6.07) is 1.53. The third-order valence-corrected chi connectivity index (χ3v) is 5.71. The molecule has 2 aromatic heterocycles. The van der Waals surface area contributed by atoms with E-state index in [1.807, 2.05) is 6.07 Å². The highest BCUT2D eigenvalue weighted by molar-refractivity contribution is 7.89. The Morgan fingerprint density at radius 1 is 1.35 bits per heavy atom. The number of hydrogen-bond acceptors (Lipinski definition) is 6. The smallest absolute Gasteiger partial charge is 0.262 e. The van der Waals surface area contributed by atoms with E-state index in [9.17, 15) is 8.42 Å². The second-order valence-electron chi connectivity index (χ2n) is 5.63. The first-order chi connectivity index (χ1) is 10.9. The van der Waals surface area contributed by atoms with Gasteiger partial charge in [-0.2, -0.15) is 4.31 Å². The van der Waals surface area contributed by atoms with E-state index in [0.717, 1.165) is 18.5 Å². The van der Waals surface area contributed by atoms with E-state index in [2.05, 4.69) is 20.3 Å². The Kier molecular flexibility index (Phi) is 4.07. The summed E-state index contributed by atoms with van der Waals surface area (Å²) in [5, 5.41) is 3.06. The van der Waals surface area contributed by atoms with Crippen LogP contribution in [0.2, 0.25) is 0 Å². The first kappa shape index (κ1) is 15.9. The molecule has 9 heteroatoms. The number of nitrogens with one attached hydrogen (secondary N) is 1. The number of nitrogens with zero attached hydrogens (tertiary/aromatic N) is 5. The van der Waals surface area contributed by atoms with Crippen molar-refractivity contribution in [1.29, 1.82) is 0 Å². The lowest BCUT2D eigenvalue weighted by Gasteiger charge is -2.23. The minimum atomic E-state index is -3.63. The van der Waals surface area contributed by atoms with Gasteiger partial charge in [0.15, 0.2) is 5.03 Å². The van der Waals surface area contributed by atoms with Crippen LogP contribution >= 0.6 is 0 Å². The molecule has 1 unspecified atom stereocenters. The molecule has 1 aliphatic rings. The summed E-state index contributed by atoms with van der Waals surface area (Å²) in [5.74, 6) is 1.31. The first-order valence-electron chi connectivity index (χ1n) is 7.45. The minimum Gasteiger partial charge on any atom is -0.373 e. The highest BCUT2D eigenvalue weighted by Crippen LogP contribution is 2.35. The Bertz CT molecular complexity index is 816. The van der Waals surface area contributed by atoms with Crippen molar-refractivity contribution < 1.29 is 8.42 Å². The summed E-state index contributed by atoms with van der Waals surface area (Å²) in [5.41, 5.74) is 0.721. The van der Waals surface area contributed by atoms with Crippen molar-refractivity contribution >= 4 is 15.8 Å². The average molecular weight is 336 g/mol. The number of sulfonamides is 1. The first-order valence-corrected chi connectivity index (χ1v) is 8.89. The van der Waals surface area contributed by atoms with Crippen molar-refractivity contribution in [2.45, 2.75) is 30.8 Å². The molecule has 2 aromatic rings. The van der Waals surface area contributed by atoms with Crippen LogP contribution in [0.3, 0.4) is 0 Å². The van der Waals surface area contributed by atoms with Gasteiger partial charge in [-0.15, -0.1) is 0 Å². The van der Waals surface area contributed by atoms with Gasteiger partial charge < -0.3 is 9.88 Å². The van der Waals surface area contributed by atoms with Gasteiger partial charge in [0, 0.05) is 32.9 Å². The molecule has 0 saturated carbocycles. The number of rotatable bonds is 4. The summed E-state index contributed by atoms with van der Waals surface area (Å²) in [6.07, 6.45) is 4.56. The molecule has 3 rings (SSSR count). The molecule has 1 atom stereocenters. The SMILES string of the molecule is CNc1cc(C2CCCN2S(=O)(=O)c2cn(C)cn2)nc(C)n1. The molecule has 124 valence electrons. The zero-order chi connectivity index (χ0) is 16.6. The van der Waals surface area contributed by atoms with Gasteiger partial charge >= 0.3 is 0 Å². The van der Waals surface area contributed by atoms with E-state index >= 15 is 0 Å². The highest BCUT2D eigenvalue weighted by Gasteiger charge is 2.38. The third-order valence-electron chi connectivity index (χ3n) is 3.91. The quantitative estimate of drug-likeness (QED) is 0.898. The maximum atomic E-state index is 12.9. The van der Waals surface area contributed by atoms with E-state index < -0.39 is 10.0 Å². The van der Waals surface area contributed by atoms with Gasteiger partial charge in [0.1, 0.15) is 11.6 Å². The highest BCUT2D eigenvalue weighted by atomic mass is 32.2. The number of aryl methyl sites for hydroxylation is 2. The van der Waals surface area contributed by atoms with Crippen molar-refractivity contribution in [3.8, 4) is 0 Å². The van der Waals surface area contributed by atoms with Crippen molar-refractivity contribution in [2.75, 3.05) is 18.9 Å². The van der Waals surface area contributed by atoms with Crippen LogP contribution in [0.25, 0.3) is 0 Å². The van der Waals surface area contributed by atoms with Crippen molar-refractivity contribution in [1.82, 2.24) is 23.8 Å². The number of hydrogen-bond donors (Lipinski definition) is 1.